The van der Waals surface area contributed by atoms with E-state index in [0.29, 0.717) is 0 Å². The van der Waals surface area contributed by atoms with Crippen LogP contribution in [0.1, 0.15) is 12.5 Å². The van der Waals surface area contributed by atoms with Crippen LogP contribution < -0.4 is 30.6 Å². The molecule has 0 bridgehead atoms. The first-order valence-corrected chi connectivity index (χ1v) is 12.4. The highest BCUT2D eigenvalue weighted by atomic mass is 16.4. The zero-order chi connectivity index (χ0) is 24.0. The van der Waals surface area contributed by atoms with Crippen molar-refractivity contribution < 1.29 is 9.31 Å². The lowest BCUT2D eigenvalue weighted by atomic mass is 9.43. The summed E-state index contributed by atoms with van der Waals surface area (Å²) >= 11 is 0. The monoisotopic (exact) mass is 461 g/mol. The van der Waals surface area contributed by atoms with Gasteiger partial charge in [-0.25, -0.2) is 0 Å². The Kier molecular flexibility index (Phi) is 3.91. The molecule has 0 N–H and O–H groups in total. The van der Waals surface area contributed by atoms with E-state index in [2.05, 4.69) is 91.2 Å². The molecule has 0 amide bonds. The molecule has 0 radical (unpaired) electrons. The van der Waals surface area contributed by atoms with E-state index in [-0.39, 0.29) is 13.8 Å². The first-order chi connectivity index (χ1) is 17.8. The number of para-hydroxylation sites is 3. The Morgan fingerprint density at radius 2 is 1.36 bits per heavy atom. The molecule has 4 aromatic carbocycles. The number of anilines is 2. The fourth-order valence-electron chi connectivity index (χ4n) is 6.35. The SMILES string of the molecule is C=C1C2=C(/C=C\C)N3c4cccc5c4B(Oc4ccccc4-5)c4cccc(c43)B2Oc2ccccc21. The zero-order valence-electron chi connectivity index (χ0n) is 19.9. The molecule has 4 aliphatic rings. The first-order valence-electron chi connectivity index (χ1n) is 12.4. The Bertz CT molecular complexity index is 1700. The summed E-state index contributed by atoms with van der Waals surface area (Å²) in [5.41, 5.74) is 12.5. The highest BCUT2D eigenvalue weighted by molar-refractivity contribution is 6.88. The van der Waals surface area contributed by atoms with E-state index in [9.17, 15) is 0 Å². The standard InChI is InChI=1S/C31H21B2NO2/c1-3-10-25-29-19(2)20-11-4-6-17-27(20)35-32(29)23-14-9-15-24-31(23)34(25)26-16-8-13-22-21-12-5-7-18-28(21)36-33(24)30(22)26/h3-18H,2H2,1H3/b10-3-. The average Bonchev–Trinajstić information content (AvgIpc) is 2.92. The molecule has 4 aromatic rings. The van der Waals surface area contributed by atoms with Gasteiger partial charge in [-0.2, -0.15) is 0 Å². The van der Waals surface area contributed by atoms with Gasteiger partial charge < -0.3 is 14.2 Å². The van der Waals surface area contributed by atoms with Crippen molar-refractivity contribution in [2.24, 2.45) is 0 Å². The molecule has 0 unspecified atom stereocenters. The van der Waals surface area contributed by atoms with Crippen LogP contribution in [0.25, 0.3) is 16.7 Å². The van der Waals surface area contributed by atoms with Crippen LogP contribution >= 0.6 is 0 Å². The summed E-state index contributed by atoms with van der Waals surface area (Å²) < 4.78 is 13.4. The third-order valence-corrected chi connectivity index (χ3v) is 7.78. The maximum atomic E-state index is 6.73. The van der Waals surface area contributed by atoms with E-state index in [4.69, 9.17) is 9.31 Å². The Balaban J connectivity index is 1.48. The van der Waals surface area contributed by atoms with Gasteiger partial charge in [0.2, 0.25) is 0 Å². The van der Waals surface area contributed by atoms with Crippen LogP contribution in [-0.4, -0.2) is 13.8 Å². The van der Waals surface area contributed by atoms with E-state index in [1.165, 1.54) is 11.0 Å². The number of allylic oxidation sites excluding steroid dienone is 4. The van der Waals surface area contributed by atoms with Gasteiger partial charge in [0.05, 0.1) is 0 Å². The lowest BCUT2D eigenvalue weighted by molar-refractivity contribution is 0.580. The molecule has 4 heterocycles. The third-order valence-electron chi connectivity index (χ3n) is 7.78. The van der Waals surface area contributed by atoms with Gasteiger partial charge in [0.15, 0.2) is 0 Å². The predicted molar refractivity (Wildman–Crippen MR) is 149 cm³/mol. The minimum Gasteiger partial charge on any atom is -0.551 e. The second kappa shape index (κ2) is 7.08. The topological polar surface area (TPSA) is 21.7 Å². The average molecular weight is 461 g/mol. The maximum absolute atomic E-state index is 6.73. The van der Waals surface area contributed by atoms with Crippen LogP contribution in [0.4, 0.5) is 11.4 Å². The Labute approximate surface area is 211 Å². The first kappa shape index (κ1) is 19.9. The van der Waals surface area contributed by atoms with E-state index in [1.807, 2.05) is 24.3 Å². The predicted octanol–water partition coefficient (Wildman–Crippen LogP) is 4.99. The van der Waals surface area contributed by atoms with Gasteiger partial charge in [-0.3, -0.25) is 0 Å². The second-order valence-corrected chi connectivity index (χ2v) is 9.62. The van der Waals surface area contributed by atoms with Crippen molar-refractivity contribution in [3.05, 3.63) is 120 Å². The van der Waals surface area contributed by atoms with Gasteiger partial charge >= 0.3 is 13.8 Å². The molecular formula is C31H21B2NO2. The van der Waals surface area contributed by atoms with Crippen molar-refractivity contribution in [2.75, 3.05) is 4.90 Å². The van der Waals surface area contributed by atoms with Gasteiger partial charge in [-0.05, 0) is 53.3 Å². The number of hydrogen-bond donors (Lipinski definition) is 0. The minimum atomic E-state index is -0.231. The summed E-state index contributed by atoms with van der Waals surface area (Å²) in [6, 6.07) is 29.7. The van der Waals surface area contributed by atoms with Crippen molar-refractivity contribution in [3.8, 4) is 22.6 Å². The molecule has 0 fully saturated rings. The summed E-state index contributed by atoms with van der Waals surface area (Å²) in [4.78, 5) is 2.41. The van der Waals surface area contributed by atoms with Crippen molar-refractivity contribution in [2.45, 2.75) is 6.92 Å². The van der Waals surface area contributed by atoms with Gasteiger partial charge in [-0.1, -0.05) is 79.4 Å². The Hall–Kier alpha value is -4.37. The van der Waals surface area contributed by atoms with Crippen LogP contribution in [0.5, 0.6) is 11.5 Å². The summed E-state index contributed by atoms with van der Waals surface area (Å²) in [5.74, 6) is 1.80. The third kappa shape index (κ3) is 2.40. The van der Waals surface area contributed by atoms with Crippen LogP contribution in [-0.2, 0) is 0 Å². The molecular weight excluding hydrogens is 440 g/mol. The van der Waals surface area contributed by atoms with Crippen LogP contribution in [0.3, 0.4) is 0 Å². The summed E-state index contributed by atoms with van der Waals surface area (Å²) in [5, 5.41) is 0. The quantitative estimate of drug-likeness (QED) is 0.373. The van der Waals surface area contributed by atoms with Gasteiger partial charge in [0.1, 0.15) is 11.5 Å². The van der Waals surface area contributed by atoms with Crippen LogP contribution in [0.2, 0.25) is 0 Å². The van der Waals surface area contributed by atoms with Crippen molar-refractivity contribution >= 4 is 47.2 Å². The Morgan fingerprint density at radius 1 is 0.722 bits per heavy atom. The summed E-state index contributed by atoms with van der Waals surface area (Å²) in [7, 11) is 0. The minimum absolute atomic E-state index is 0.176. The fourth-order valence-corrected chi connectivity index (χ4v) is 6.35. The smallest absolute Gasteiger partial charge is 0.431 e. The number of hydrogen-bond acceptors (Lipinski definition) is 3. The molecule has 36 heavy (non-hydrogen) atoms. The number of fused-ring (bicyclic) bond motifs is 7. The Morgan fingerprint density at radius 3 is 2.17 bits per heavy atom. The number of nitrogens with zero attached hydrogens (tertiary/aromatic N) is 1. The summed E-state index contributed by atoms with van der Waals surface area (Å²) in [6.07, 6.45) is 4.30. The van der Waals surface area contributed by atoms with Gasteiger partial charge in [-0.15, -0.1) is 0 Å². The molecule has 5 heteroatoms. The molecule has 0 aromatic heterocycles. The second-order valence-electron chi connectivity index (χ2n) is 9.62. The number of rotatable bonds is 1. The molecule has 0 saturated heterocycles. The van der Waals surface area contributed by atoms with E-state index in [0.717, 1.165) is 61.7 Å². The normalized spacial score (nSPS) is 16.0. The molecule has 168 valence electrons. The van der Waals surface area contributed by atoms with Crippen molar-refractivity contribution in [1.29, 1.82) is 0 Å². The zero-order valence-corrected chi connectivity index (χ0v) is 19.9. The van der Waals surface area contributed by atoms with E-state index >= 15 is 0 Å². The summed E-state index contributed by atoms with van der Waals surface area (Å²) in [6.45, 7) is 6.24. The van der Waals surface area contributed by atoms with Crippen LogP contribution in [0.15, 0.2) is 115 Å². The highest BCUT2D eigenvalue weighted by Crippen LogP contribution is 2.47. The molecule has 0 saturated carbocycles. The molecule has 0 spiro atoms. The maximum Gasteiger partial charge on any atom is 0.431 e. The largest absolute Gasteiger partial charge is 0.551 e. The number of benzene rings is 4. The van der Waals surface area contributed by atoms with Crippen molar-refractivity contribution in [1.82, 2.24) is 0 Å². The van der Waals surface area contributed by atoms with Gasteiger partial charge in [0, 0.05) is 39.1 Å². The molecule has 3 nitrogen and oxygen atoms in total. The van der Waals surface area contributed by atoms with Crippen molar-refractivity contribution in [3.63, 3.8) is 0 Å². The molecule has 8 rings (SSSR count). The van der Waals surface area contributed by atoms with Crippen LogP contribution in [0, 0.1) is 0 Å². The highest BCUT2D eigenvalue weighted by Gasteiger charge is 2.50. The molecule has 0 aliphatic carbocycles. The lowest BCUT2D eigenvalue weighted by Gasteiger charge is -2.46. The fraction of sp³-hybridized carbons (Fsp3) is 0.0323. The molecule has 4 aliphatic heterocycles. The van der Waals surface area contributed by atoms with E-state index < -0.39 is 0 Å². The molecule has 0 atom stereocenters. The van der Waals surface area contributed by atoms with E-state index in [1.54, 1.807) is 0 Å². The van der Waals surface area contributed by atoms with Gasteiger partial charge in [0.25, 0.3) is 0 Å². The lowest BCUT2D eigenvalue weighted by Crippen LogP contribution is -2.61.